The smallest absolute Gasteiger partial charge is 0.245 e. The number of amides is 1. The molecule has 1 saturated heterocycles. The molecule has 1 atom stereocenters. The zero-order valence-electron chi connectivity index (χ0n) is 11.3. The minimum Gasteiger partial charge on any atom is -0.381 e. The molecule has 4 N–H and O–H groups in total. The van der Waals surface area contributed by atoms with Crippen molar-refractivity contribution < 1.29 is 13.2 Å². The summed E-state index contributed by atoms with van der Waals surface area (Å²) in [5, 5.41) is 6.66. The van der Waals surface area contributed by atoms with Crippen molar-refractivity contribution in [3.8, 4) is 0 Å². The fourth-order valence-electron chi connectivity index (χ4n) is 2.09. The van der Waals surface area contributed by atoms with Gasteiger partial charge in [-0.15, -0.1) is 0 Å². The Labute approximate surface area is 117 Å². The molecule has 9 heteroatoms. The van der Waals surface area contributed by atoms with Crippen molar-refractivity contribution in [2.75, 3.05) is 12.3 Å². The second kappa shape index (κ2) is 5.80. The maximum Gasteiger partial charge on any atom is 0.245 e. The first-order chi connectivity index (χ1) is 9.42. The van der Waals surface area contributed by atoms with Crippen LogP contribution in [-0.4, -0.2) is 36.7 Å². The Balaban J connectivity index is 2.04. The molecule has 112 valence electrons. The van der Waals surface area contributed by atoms with Crippen molar-refractivity contribution in [3.63, 3.8) is 0 Å². The Morgan fingerprint density at radius 2 is 2.35 bits per heavy atom. The van der Waals surface area contributed by atoms with Crippen molar-refractivity contribution in [1.29, 1.82) is 0 Å². The van der Waals surface area contributed by atoms with Gasteiger partial charge in [0.1, 0.15) is 4.90 Å². The first-order valence-electron chi connectivity index (χ1n) is 6.54. The van der Waals surface area contributed by atoms with E-state index in [2.05, 4.69) is 15.1 Å². The third kappa shape index (κ3) is 3.28. The number of nitrogens with zero attached hydrogens (tertiary/aromatic N) is 2. The fraction of sp³-hybridized carbons (Fsp3) is 0.636. The lowest BCUT2D eigenvalue weighted by atomic mass is 10.2. The van der Waals surface area contributed by atoms with Crippen LogP contribution in [0.2, 0.25) is 0 Å². The van der Waals surface area contributed by atoms with E-state index >= 15 is 0 Å². The van der Waals surface area contributed by atoms with Crippen LogP contribution in [0, 0.1) is 0 Å². The Morgan fingerprint density at radius 3 is 2.95 bits per heavy atom. The van der Waals surface area contributed by atoms with E-state index in [1.54, 1.807) is 0 Å². The van der Waals surface area contributed by atoms with E-state index in [1.165, 1.54) is 10.9 Å². The van der Waals surface area contributed by atoms with Gasteiger partial charge in [0.25, 0.3) is 0 Å². The minimum atomic E-state index is -3.70. The maximum atomic E-state index is 12.2. The van der Waals surface area contributed by atoms with Crippen molar-refractivity contribution in [3.05, 3.63) is 6.20 Å². The predicted octanol–water partition coefficient (Wildman–Crippen LogP) is -0.568. The molecule has 1 aromatic heterocycles. The summed E-state index contributed by atoms with van der Waals surface area (Å²) < 4.78 is 28.3. The number of nitrogen functional groups attached to an aromatic ring is 1. The van der Waals surface area contributed by atoms with E-state index < -0.39 is 10.0 Å². The van der Waals surface area contributed by atoms with E-state index in [9.17, 15) is 13.2 Å². The van der Waals surface area contributed by atoms with Gasteiger partial charge < -0.3 is 11.1 Å². The van der Waals surface area contributed by atoms with Crippen LogP contribution in [0.3, 0.4) is 0 Å². The summed E-state index contributed by atoms with van der Waals surface area (Å²) in [7, 11) is -3.70. The average Bonchev–Trinajstić information content (AvgIpc) is 2.94. The highest BCUT2D eigenvalue weighted by atomic mass is 32.2. The molecular weight excluding hydrogens is 282 g/mol. The highest BCUT2D eigenvalue weighted by molar-refractivity contribution is 7.89. The fourth-order valence-corrected chi connectivity index (χ4v) is 3.24. The molecule has 1 aromatic rings. The van der Waals surface area contributed by atoms with Gasteiger partial charge in [-0.25, -0.2) is 13.1 Å². The predicted molar refractivity (Wildman–Crippen MR) is 73.3 cm³/mol. The molecule has 0 saturated carbocycles. The van der Waals surface area contributed by atoms with E-state index in [-0.39, 0.29) is 29.2 Å². The van der Waals surface area contributed by atoms with Crippen LogP contribution in [0.15, 0.2) is 11.1 Å². The number of anilines is 1. The van der Waals surface area contributed by atoms with Crippen molar-refractivity contribution in [2.45, 2.75) is 43.7 Å². The lowest BCUT2D eigenvalue weighted by Crippen LogP contribution is -2.38. The van der Waals surface area contributed by atoms with Gasteiger partial charge in [0.05, 0.1) is 0 Å². The Morgan fingerprint density at radius 1 is 1.60 bits per heavy atom. The summed E-state index contributed by atoms with van der Waals surface area (Å²) in [5.41, 5.74) is 5.64. The number of sulfonamides is 1. The molecule has 1 unspecified atom stereocenters. The maximum absolute atomic E-state index is 12.2. The lowest BCUT2D eigenvalue weighted by molar-refractivity contribution is -0.119. The van der Waals surface area contributed by atoms with Crippen LogP contribution in [0.25, 0.3) is 0 Å². The molecule has 0 spiro atoms. The largest absolute Gasteiger partial charge is 0.381 e. The van der Waals surface area contributed by atoms with Crippen molar-refractivity contribution in [2.24, 2.45) is 0 Å². The van der Waals surface area contributed by atoms with Gasteiger partial charge in [-0.1, -0.05) is 6.92 Å². The number of carbonyl (C=O) groups is 1. The topological polar surface area (TPSA) is 119 Å². The SMILES string of the molecule is CCCn1cc(S(=O)(=O)NCC2CCC(=O)N2)c(N)n1. The van der Waals surface area contributed by atoms with E-state index in [4.69, 9.17) is 5.73 Å². The summed E-state index contributed by atoms with van der Waals surface area (Å²) in [6, 6.07) is -0.163. The van der Waals surface area contributed by atoms with Crippen molar-refractivity contribution in [1.82, 2.24) is 19.8 Å². The summed E-state index contributed by atoms with van der Waals surface area (Å²) in [6.45, 7) is 2.73. The molecule has 2 heterocycles. The standard InChI is InChI=1S/C11H19N5O3S/c1-2-5-16-7-9(11(12)15-16)20(18,19)13-6-8-3-4-10(17)14-8/h7-8,13H,2-6H2,1H3,(H2,12,15)(H,14,17). The number of carbonyl (C=O) groups excluding carboxylic acids is 1. The number of nitrogens with two attached hydrogens (primary N) is 1. The van der Waals surface area contributed by atoms with Gasteiger partial charge in [-0.05, 0) is 12.8 Å². The third-order valence-electron chi connectivity index (χ3n) is 3.10. The molecule has 0 bridgehead atoms. The number of hydrogen-bond donors (Lipinski definition) is 3. The average molecular weight is 301 g/mol. The molecular formula is C11H19N5O3S. The second-order valence-corrected chi connectivity index (χ2v) is 6.53. The molecule has 20 heavy (non-hydrogen) atoms. The normalized spacial score (nSPS) is 19.2. The van der Waals surface area contributed by atoms with Gasteiger partial charge in [0, 0.05) is 31.7 Å². The number of aromatic nitrogens is 2. The van der Waals surface area contributed by atoms with Gasteiger partial charge in [0.2, 0.25) is 15.9 Å². The van der Waals surface area contributed by atoms with Crippen LogP contribution in [0.1, 0.15) is 26.2 Å². The van der Waals surface area contributed by atoms with E-state index in [0.29, 0.717) is 19.4 Å². The first kappa shape index (κ1) is 14.8. The van der Waals surface area contributed by atoms with Gasteiger partial charge in [0.15, 0.2) is 5.82 Å². The quantitative estimate of drug-likeness (QED) is 0.650. The second-order valence-electron chi connectivity index (χ2n) is 4.80. The number of nitrogens with one attached hydrogen (secondary N) is 2. The monoisotopic (exact) mass is 301 g/mol. The highest BCUT2D eigenvalue weighted by Crippen LogP contribution is 2.16. The summed E-state index contributed by atoms with van der Waals surface area (Å²) in [5.74, 6) is -0.0640. The minimum absolute atomic E-state index is 0.0126. The van der Waals surface area contributed by atoms with E-state index in [0.717, 1.165) is 6.42 Å². The molecule has 1 amide bonds. The Bertz CT molecular complexity index is 595. The van der Waals surface area contributed by atoms with Crippen LogP contribution in [0.4, 0.5) is 5.82 Å². The Hall–Kier alpha value is -1.61. The number of rotatable bonds is 6. The zero-order chi connectivity index (χ0) is 14.8. The van der Waals surface area contributed by atoms with Gasteiger partial charge in [-0.2, -0.15) is 5.10 Å². The summed E-state index contributed by atoms with van der Waals surface area (Å²) in [4.78, 5) is 11.0. The lowest BCUT2D eigenvalue weighted by Gasteiger charge is -2.11. The first-order valence-corrected chi connectivity index (χ1v) is 8.02. The van der Waals surface area contributed by atoms with Crippen molar-refractivity contribution >= 4 is 21.7 Å². The molecule has 0 aliphatic carbocycles. The summed E-state index contributed by atoms with van der Waals surface area (Å²) >= 11 is 0. The molecule has 1 aliphatic rings. The van der Waals surface area contributed by atoms with Gasteiger partial charge >= 0.3 is 0 Å². The molecule has 2 rings (SSSR count). The van der Waals surface area contributed by atoms with Crippen LogP contribution < -0.4 is 15.8 Å². The van der Waals surface area contributed by atoms with Crippen LogP contribution >= 0.6 is 0 Å². The van der Waals surface area contributed by atoms with Gasteiger partial charge in [-0.3, -0.25) is 9.48 Å². The Kier molecular flexibility index (Phi) is 4.29. The molecule has 8 nitrogen and oxygen atoms in total. The van der Waals surface area contributed by atoms with Crippen LogP contribution in [-0.2, 0) is 21.4 Å². The zero-order valence-corrected chi connectivity index (χ0v) is 12.1. The number of aryl methyl sites for hydroxylation is 1. The molecule has 0 aromatic carbocycles. The third-order valence-corrected chi connectivity index (χ3v) is 4.54. The molecule has 0 radical (unpaired) electrons. The molecule has 1 aliphatic heterocycles. The van der Waals surface area contributed by atoms with Crippen LogP contribution in [0.5, 0.6) is 0 Å². The highest BCUT2D eigenvalue weighted by Gasteiger charge is 2.25. The molecule has 1 fully saturated rings. The van der Waals surface area contributed by atoms with E-state index in [1.807, 2.05) is 6.92 Å². The summed E-state index contributed by atoms with van der Waals surface area (Å²) in [6.07, 6.45) is 3.32. The number of hydrogen-bond acceptors (Lipinski definition) is 5.